The minimum atomic E-state index is -0.572. The Morgan fingerprint density at radius 2 is 1.86 bits per heavy atom. The zero-order chi connectivity index (χ0) is 14.5. The summed E-state index contributed by atoms with van der Waals surface area (Å²) in [7, 11) is 0. The van der Waals surface area contributed by atoms with E-state index in [-0.39, 0.29) is 0 Å². The van der Waals surface area contributed by atoms with Gasteiger partial charge in [0.2, 0.25) is 0 Å². The molecule has 0 aromatic carbocycles. The van der Waals surface area contributed by atoms with Crippen molar-refractivity contribution in [2.75, 3.05) is 19.6 Å². The molecule has 0 amide bonds. The van der Waals surface area contributed by atoms with Gasteiger partial charge < -0.3 is 10.0 Å². The maximum absolute atomic E-state index is 11.5. The van der Waals surface area contributed by atoms with Gasteiger partial charge in [0.05, 0.1) is 0 Å². The number of rotatable bonds is 3. The van der Waals surface area contributed by atoms with Crippen molar-refractivity contribution in [3.05, 3.63) is 22.4 Å². The smallest absolute Gasteiger partial charge is 0.103 e. The van der Waals surface area contributed by atoms with E-state index in [1.807, 2.05) is 0 Å². The molecule has 2 nitrogen and oxygen atoms in total. The first-order valence-electron chi connectivity index (χ1n) is 8.78. The second-order valence-electron chi connectivity index (χ2n) is 6.91. The molecule has 2 aliphatic rings. The number of nitrogens with zero attached hydrogens (tertiary/aromatic N) is 1. The van der Waals surface area contributed by atoms with E-state index in [4.69, 9.17) is 0 Å². The lowest BCUT2D eigenvalue weighted by Crippen LogP contribution is -2.42. The van der Waals surface area contributed by atoms with Crippen molar-refractivity contribution in [1.29, 1.82) is 0 Å². The lowest BCUT2D eigenvalue weighted by atomic mass is 9.81. The second-order valence-corrected chi connectivity index (χ2v) is 7.86. The van der Waals surface area contributed by atoms with Crippen molar-refractivity contribution in [2.45, 2.75) is 63.4 Å². The maximum atomic E-state index is 11.5. The molecule has 3 heteroatoms. The van der Waals surface area contributed by atoms with Crippen LogP contribution < -0.4 is 0 Å². The molecule has 2 heterocycles. The van der Waals surface area contributed by atoms with E-state index < -0.39 is 5.60 Å². The average Bonchev–Trinajstić information content (AvgIpc) is 2.83. The molecule has 118 valence electrons. The molecule has 0 bridgehead atoms. The largest absolute Gasteiger partial charge is 0.384 e. The molecule has 0 spiro atoms. The van der Waals surface area contributed by atoms with Gasteiger partial charge in [0, 0.05) is 17.3 Å². The first-order valence-corrected chi connectivity index (χ1v) is 9.66. The Balaban J connectivity index is 1.75. The molecule has 2 fully saturated rings. The third-order valence-corrected chi connectivity index (χ3v) is 6.45. The first kappa shape index (κ1) is 15.5. The van der Waals surface area contributed by atoms with Crippen molar-refractivity contribution in [3.63, 3.8) is 0 Å². The van der Waals surface area contributed by atoms with E-state index >= 15 is 0 Å². The maximum Gasteiger partial charge on any atom is 0.103 e. The minimum Gasteiger partial charge on any atom is -0.384 e. The fourth-order valence-corrected chi connectivity index (χ4v) is 5.06. The number of hydrogen-bond donors (Lipinski definition) is 1. The molecule has 1 saturated carbocycles. The van der Waals surface area contributed by atoms with Crippen LogP contribution in [-0.4, -0.2) is 29.6 Å². The third kappa shape index (κ3) is 3.69. The molecule has 2 unspecified atom stereocenters. The summed E-state index contributed by atoms with van der Waals surface area (Å²) >= 11 is 1.74. The molecule has 1 aliphatic heterocycles. The first-order chi connectivity index (χ1) is 10.3. The molecule has 0 radical (unpaired) electrons. The summed E-state index contributed by atoms with van der Waals surface area (Å²) < 4.78 is 0. The number of hydrogen-bond acceptors (Lipinski definition) is 3. The van der Waals surface area contributed by atoms with Crippen LogP contribution in [0.2, 0.25) is 0 Å². The highest BCUT2D eigenvalue weighted by Crippen LogP contribution is 2.42. The van der Waals surface area contributed by atoms with Crippen LogP contribution >= 0.6 is 11.3 Å². The van der Waals surface area contributed by atoms with Gasteiger partial charge in [-0.2, -0.15) is 0 Å². The van der Waals surface area contributed by atoms with Gasteiger partial charge in [-0.1, -0.05) is 38.2 Å². The SMILES string of the molecule is OC1(c2cccs2)CCCCCC1CN1CCCCCC1. The van der Waals surface area contributed by atoms with Crippen LogP contribution in [0.4, 0.5) is 0 Å². The summed E-state index contributed by atoms with van der Waals surface area (Å²) in [5, 5.41) is 13.6. The summed E-state index contributed by atoms with van der Waals surface area (Å²) in [6.07, 6.45) is 11.3. The normalized spacial score (nSPS) is 32.5. The topological polar surface area (TPSA) is 23.5 Å². The van der Waals surface area contributed by atoms with Gasteiger partial charge >= 0.3 is 0 Å². The van der Waals surface area contributed by atoms with E-state index in [9.17, 15) is 5.11 Å². The zero-order valence-electron chi connectivity index (χ0n) is 13.1. The lowest BCUT2D eigenvalue weighted by molar-refractivity contribution is -0.0397. The summed E-state index contributed by atoms with van der Waals surface area (Å²) in [4.78, 5) is 3.82. The molecule has 21 heavy (non-hydrogen) atoms. The van der Waals surface area contributed by atoms with Crippen molar-refractivity contribution < 1.29 is 5.11 Å². The molecule has 1 aliphatic carbocycles. The Kier molecular flexibility index (Phi) is 5.36. The van der Waals surface area contributed by atoms with Gasteiger partial charge in [0.25, 0.3) is 0 Å². The van der Waals surface area contributed by atoms with Gasteiger partial charge in [-0.3, -0.25) is 0 Å². The van der Waals surface area contributed by atoms with Gasteiger partial charge in [-0.05, 0) is 50.2 Å². The summed E-state index contributed by atoms with van der Waals surface area (Å²) in [6, 6.07) is 4.23. The quantitative estimate of drug-likeness (QED) is 0.837. The molecular formula is C18H29NOS. The lowest BCUT2D eigenvalue weighted by Gasteiger charge is -2.37. The zero-order valence-corrected chi connectivity index (χ0v) is 13.9. The molecule has 1 aromatic rings. The van der Waals surface area contributed by atoms with Gasteiger partial charge in [-0.25, -0.2) is 0 Å². The highest BCUT2D eigenvalue weighted by atomic mass is 32.1. The van der Waals surface area contributed by atoms with Crippen LogP contribution in [0, 0.1) is 5.92 Å². The Morgan fingerprint density at radius 1 is 1.10 bits per heavy atom. The van der Waals surface area contributed by atoms with Crippen molar-refractivity contribution >= 4 is 11.3 Å². The highest BCUT2D eigenvalue weighted by molar-refractivity contribution is 7.10. The van der Waals surface area contributed by atoms with E-state index in [1.54, 1.807) is 11.3 Å². The van der Waals surface area contributed by atoms with Crippen molar-refractivity contribution in [3.8, 4) is 0 Å². The summed E-state index contributed by atoms with van der Waals surface area (Å²) in [5.41, 5.74) is -0.572. The predicted octanol–water partition coefficient (Wildman–Crippen LogP) is 4.39. The molecule has 1 aromatic heterocycles. The molecule has 3 rings (SSSR count). The van der Waals surface area contributed by atoms with Crippen LogP contribution in [0.3, 0.4) is 0 Å². The van der Waals surface area contributed by atoms with Crippen LogP contribution in [0.5, 0.6) is 0 Å². The van der Waals surface area contributed by atoms with E-state index in [0.717, 1.165) is 13.0 Å². The number of thiophene rings is 1. The van der Waals surface area contributed by atoms with E-state index in [0.29, 0.717) is 5.92 Å². The Labute approximate surface area is 133 Å². The second kappa shape index (κ2) is 7.26. The Morgan fingerprint density at radius 3 is 2.57 bits per heavy atom. The van der Waals surface area contributed by atoms with Crippen LogP contribution in [0.25, 0.3) is 0 Å². The van der Waals surface area contributed by atoms with Crippen LogP contribution in [-0.2, 0) is 5.60 Å². The third-order valence-electron chi connectivity index (χ3n) is 5.41. The van der Waals surface area contributed by atoms with Crippen molar-refractivity contribution in [1.82, 2.24) is 4.90 Å². The minimum absolute atomic E-state index is 0.414. The molecule has 2 atom stereocenters. The van der Waals surface area contributed by atoms with E-state index in [1.165, 1.54) is 69.3 Å². The fourth-order valence-electron chi connectivity index (χ4n) is 4.13. The Bertz CT molecular complexity index is 411. The molecular weight excluding hydrogens is 278 g/mol. The van der Waals surface area contributed by atoms with Crippen molar-refractivity contribution in [2.24, 2.45) is 5.92 Å². The highest BCUT2D eigenvalue weighted by Gasteiger charge is 2.40. The number of likely N-dealkylation sites (tertiary alicyclic amines) is 1. The summed E-state index contributed by atoms with van der Waals surface area (Å²) in [5.74, 6) is 0.414. The monoisotopic (exact) mass is 307 g/mol. The Hall–Kier alpha value is -0.380. The average molecular weight is 308 g/mol. The summed E-state index contributed by atoms with van der Waals surface area (Å²) in [6.45, 7) is 3.56. The van der Waals surface area contributed by atoms with Gasteiger partial charge in [-0.15, -0.1) is 11.3 Å². The predicted molar refractivity (Wildman–Crippen MR) is 89.7 cm³/mol. The van der Waals surface area contributed by atoms with Gasteiger partial charge in [0.1, 0.15) is 5.60 Å². The van der Waals surface area contributed by atoms with Crippen LogP contribution in [0.1, 0.15) is 62.7 Å². The number of aliphatic hydroxyl groups is 1. The standard InChI is InChI=1S/C18H29NOS/c20-18(17-10-8-14-21-17)11-5-3-4-9-16(18)15-19-12-6-1-2-7-13-19/h8,10,14,16,20H,1-7,9,11-13,15H2. The van der Waals surface area contributed by atoms with Gasteiger partial charge in [0.15, 0.2) is 0 Å². The van der Waals surface area contributed by atoms with Crippen LogP contribution in [0.15, 0.2) is 17.5 Å². The molecule has 1 saturated heterocycles. The fraction of sp³-hybridized carbons (Fsp3) is 0.778. The molecule has 1 N–H and O–H groups in total. The van der Waals surface area contributed by atoms with E-state index in [2.05, 4.69) is 22.4 Å².